The first-order valence-electron chi connectivity index (χ1n) is 4.57. The minimum atomic E-state index is -1.09. The van der Waals surface area contributed by atoms with Gasteiger partial charge in [0.2, 0.25) is 0 Å². The van der Waals surface area contributed by atoms with Crippen LogP contribution in [0.1, 0.15) is 18.1 Å². The van der Waals surface area contributed by atoms with Gasteiger partial charge in [0.15, 0.2) is 0 Å². The molecule has 84 valence electrons. The van der Waals surface area contributed by atoms with Crippen molar-refractivity contribution in [1.29, 1.82) is 0 Å². The lowest BCUT2D eigenvalue weighted by atomic mass is 10.0. The largest absolute Gasteiger partial charge is 0.390 e. The molecular formula is C10H13ClFNO2. The molecule has 2 atom stereocenters. The molecule has 0 saturated carbocycles. The highest BCUT2D eigenvalue weighted by Gasteiger charge is 2.18. The van der Waals surface area contributed by atoms with Crippen molar-refractivity contribution in [1.82, 2.24) is 0 Å². The molecule has 0 spiro atoms. The minimum absolute atomic E-state index is 0.0773. The molecule has 0 aliphatic carbocycles. The molecule has 0 heterocycles. The molecule has 0 fully saturated rings. The lowest BCUT2D eigenvalue weighted by molar-refractivity contribution is 0.0150. The van der Waals surface area contributed by atoms with Gasteiger partial charge >= 0.3 is 0 Å². The standard InChI is InChI=1S/C10H13ClFNO2/c11-7-5-6(1-2-8(7)12)10(15)9(14)3-4-13/h1-2,5,9-10,14-15H,3-4,13H2. The van der Waals surface area contributed by atoms with E-state index in [1.54, 1.807) is 0 Å². The zero-order chi connectivity index (χ0) is 11.4. The molecule has 0 radical (unpaired) electrons. The number of rotatable bonds is 4. The molecule has 0 aromatic heterocycles. The zero-order valence-electron chi connectivity index (χ0n) is 8.03. The fourth-order valence-electron chi connectivity index (χ4n) is 1.25. The van der Waals surface area contributed by atoms with E-state index in [1.807, 2.05) is 0 Å². The van der Waals surface area contributed by atoms with E-state index >= 15 is 0 Å². The normalized spacial score (nSPS) is 15.0. The van der Waals surface area contributed by atoms with Crippen LogP contribution >= 0.6 is 11.6 Å². The van der Waals surface area contributed by atoms with E-state index in [4.69, 9.17) is 17.3 Å². The maximum Gasteiger partial charge on any atom is 0.141 e. The number of halogens is 2. The van der Waals surface area contributed by atoms with Crippen LogP contribution in [0.5, 0.6) is 0 Å². The number of aliphatic hydroxyl groups is 2. The highest BCUT2D eigenvalue weighted by molar-refractivity contribution is 6.30. The molecule has 0 saturated heterocycles. The first-order chi connectivity index (χ1) is 7.06. The highest BCUT2D eigenvalue weighted by Crippen LogP contribution is 2.23. The van der Waals surface area contributed by atoms with Crippen molar-refractivity contribution >= 4 is 11.6 Å². The molecule has 1 aromatic carbocycles. The van der Waals surface area contributed by atoms with E-state index in [0.29, 0.717) is 5.56 Å². The predicted molar refractivity (Wildman–Crippen MR) is 56.0 cm³/mol. The number of hydrogen-bond donors (Lipinski definition) is 3. The molecule has 0 bridgehead atoms. The summed E-state index contributed by atoms with van der Waals surface area (Å²) in [5.74, 6) is -0.555. The average Bonchev–Trinajstić information content (AvgIpc) is 2.21. The second-order valence-electron chi connectivity index (χ2n) is 3.26. The third-order valence-electron chi connectivity index (χ3n) is 2.11. The molecule has 0 amide bonds. The Kier molecular flexibility index (Phi) is 4.47. The van der Waals surface area contributed by atoms with Crippen molar-refractivity contribution in [2.45, 2.75) is 18.6 Å². The lowest BCUT2D eigenvalue weighted by Gasteiger charge is -2.17. The summed E-state index contributed by atoms with van der Waals surface area (Å²) in [5.41, 5.74) is 5.62. The van der Waals surface area contributed by atoms with Gasteiger partial charge in [-0.25, -0.2) is 4.39 Å². The van der Waals surface area contributed by atoms with Crippen LogP contribution in [0.2, 0.25) is 5.02 Å². The van der Waals surface area contributed by atoms with Crippen molar-refractivity contribution in [3.63, 3.8) is 0 Å². The van der Waals surface area contributed by atoms with Gasteiger partial charge < -0.3 is 15.9 Å². The van der Waals surface area contributed by atoms with Crippen molar-refractivity contribution in [3.8, 4) is 0 Å². The van der Waals surface area contributed by atoms with Gasteiger partial charge in [0.05, 0.1) is 11.1 Å². The van der Waals surface area contributed by atoms with Gasteiger partial charge in [-0.05, 0) is 30.7 Å². The molecule has 0 aliphatic heterocycles. The maximum absolute atomic E-state index is 12.8. The molecular weight excluding hydrogens is 221 g/mol. The molecule has 1 rings (SSSR count). The summed E-state index contributed by atoms with van der Waals surface area (Å²) in [4.78, 5) is 0. The van der Waals surface area contributed by atoms with Crippen molar-refractivity contribution in [2.24, 2.45) is 5.73 Å². The van der Waals surface area contributed by atoms with Gasteiger partial charge in [-0.1, -0.05) is 17.7 Å². The van der Waals surface area contributed by atoms with Crippen LogP contribution in [0, 0.1) is 5.82 Å². The maximum atomic E-state index is 12.8. The van der Waals surface area contributed by atoms with Gasteiger partial charge in [0.25, 0.3) is 0 Å². The summed E-state index contributed by atoms with van der Waals surface area (Å²) < 4.78 is 12.8. The Hall–Kier alpha value is -0.680. The van der Waals surface area contributed by atoms with E-state index in [2.05, 4.69) is 0 Å². The van der Waals surface area contributed by atoms with Crippen LogP contribution in [-0.4, -0.2) is 22.9 Å². The Labute approximate surface area is 92.3 Å². The van der Waals surface area contributed by atoms with Crippen LogP contribution < -0.4 is 5.73 Å². The van der Waals surface area contributed by atoms with Gasteiger partial charge in [0, 0.05) is 0 Å². The van der Waals surface area contributed by atoms with E-state index in [1.165, 1.54) is 12.1 Å². The Balaban J connectivity index is 2.81. The van der Waals surface area contributed by atoms with Gasteiger partial charge in [-0.2, -0.15) is 0 Å². The molecule has 5 heteroatoms. The second-order valence-corrected chi connectivity index (χ2v) is 3.67. The third kappa shape index (κ3) is 3.14. The molecule has 1 aromatic rings. The minimum Gasteiger partial charge on any atom is -0.390 e. The fourth-order valence-corrected chi connectivity index (χ4v) is 1.44. The van der Waals surface area contributed by atoms with Crippen LogP contribution in [0.25, 0.3) is 0 Å². The number of aliphatic hydroxyl groups excluding tert-OH is 2. The van der Waals surface area contributed by atoms with Crippen molar-refractivity contribution < 1.29 is 14.6 Å². The van der Waals surface area contributed by atoms with Crippen molar-refractivity contribution in [2.75, 3.05) is 6.54 Å². The molecule has 3 nitrogen and oxygen atoms in total. The van der Waals surface area contributed by atoms with E-state index in [0.717, 1.165) is 6.07 Å². The summed E-state index contributed by atoms with van der Waals surface area (Å²) >= 11 is 5.55. The Morgan fingerprint density at radius 2 is 2.07 bits per heavy atom. The lowest BCUT2D eigenvalue weighted by Crippen LogP contribution is -2.21. The second kappa shape index (κ2) is 5.42. The molecule has 2 unspecified atom stereocenters. The monoisotopic (exact) mass is 233 g/mol. The third-order valence-corrected chi connectivity index (χ3v) is 2.40. The molecule has 0 aliphatic rings. The van der Waals surface area contributed by atoms with E-state index in [-0.39, 0.29) is 18.0 Å². The topological polar surface area (TPSA) is 66.5 Å². The zero-order valence-corrected chi connectivity index (χ0v) is 8.78. The first-order valence-corrected chi connectivity index (χ1v) is 4.95. The molecule has 15 heavy (non-hydrogen) atoms. The Morgan fingerprint density at radius 3 is 2.60 bits per heavy atom. The number of hydrogen-bond acceptors (Lipinski definition) is 3. The summed E-state index contributed by atoms with van der Waals surface area (Å²) in [7, 11) is 0. The quantitative estimate of drug-likeness (QED) is 0.733. The van der Waals surface area contributed by atoms with Gasteiger partial charge in [-0.3, -0.25) is 0 Å². The van der Waals surface area contributed by atoms with Crippen LogP contribution in [0.3, 0.4) is 0 Å². The summed E-state index contributed by atoms with van der Waals surface area (Å²) in [6.07, 6.45) is -1.78. The predicted octanol–water partition coefficient (Wildman–Crippen LogP) is 1.22. The smallest absolute Gasteiger partial charge is 0.141 e. The Morgan fingerprint density at radius 1 is 1.40 bits per heavy atom. The van der Waals surface area contributed by atoms with Crippen LogP contribution in [0.4, 0.5) is 4.39 Å². The van der Waals surface area contributed by atoms with Gasteiger partial charge in [-0.15, -0.1) is 0 Å². The summed E-state index contributed by atoms with van der Waals surface area (Å²) in [6.45, 7) is 0.271. The SMILES string of the molecule is NCCC(O)C(O)c1ccc(F)c(Cl)c1. The van der Waals surface area contributed by atoms with Crippen LogP contribution in [-0.2, 0) is 0 Å². The first kappa shape index (κ1) is 12.4. The average molecular weight is 234 g/mol. The molecule has 4 N–H and O–H groups in total. The van der Waals surface area contributed by atoms with Crippen LogP contribution in [0.15, 0.2) is 18.2 Å². The summed E-state index contributed by atoms with van der Waals surface area (Å²) in [5, 5.41) is 19.0. The number of benzene rings is 1. The van der Waals surface area contributed by atoms with E-state index in [9.17, 15) is 14.6 Å². The van der Waals surface area contributed by atoms with Crippen molar-refractivity contribution in [3.05, 3.63) is 34.6 Å². The fraction of sp³-hybridized carbons (Fsp3) is 0.400. The Bertz CT molecular complexity index is 335. The number of nitrogens with two attached hydrogens (primary N) is 1. The van der Waals surface area contributed by atoms with Gasteiger partial charge in [0.1, 0.15) is 11.9 Å². The highest BCUT2D eigenvalue weighted by atomic mass is 35.5. The van der Waals surface area contributed by atoms with E-state index < -0.39 is 18.0 Å². The summed E-state index contributed by atoms with van der Waals surface area (Å²) in [6, 6.07) is 3.82.